The number of pyridine rings is 1. The van der Waals surface area contributed by atoms with Crippen LogP contribution in [0, 0.1) is 24.0 Å². The van der Waals surface area contributed by atoms with E-state index in [9.17, 15) is 14.9 Å². The van der Waals surface area contributed by atoms with E-state index < -0.39 is 4.92 Å². The second kappa shape index (κ2) is 6.43. The number of benzene rings is 1. The zero-order valence-corrected chi connectivity index (χ0v) is 12.8. The summed E-state index contributed by atoms with van der Waals surface area (Å²) in [6, 6.07) is 6.50. The van der Waals surface area contributed by atoms with Gasteiger partial charge < -0.3 is 4.74 Å². The van der Waals surface area contributed by atoms with Gasteiger partial charge in [-0.1, -0.05) is 13.0 Å². The van der Waals surface area contributed by atoms with E-state index in [2.05, 4.69) is 0 Å². The van der Waals surface area contributed by atoms with Crippen LogP contribution in [0.3, 0.4) is 0 Å². The van der Waals surface area contributed by atoms with Crippen molar-refractivity contribution in [3.63, 3.8) is 0 Å². The topological polar surface area (TPSA) is 74.4 Å². The maximum atomic E-state index is 12.3. The third-order valence-electron chi connectivity index (χ3n) is 3.33. The zero-order valence-electron chi connectivity index (χ0n) is 12.8. The molecule has 0 radical (unpaired) electrons. The Morgan fingerprint density at radius 2 is 2.00 bits per heavy atom. The summed E-state index contributed by atoms with van der Waals surface area (Å²) >= 11 is 0. The largest absolute Gasteiger partial charge is 0.487 e. The van der Waals surface area contributed by atoms with Gasteiger partial charge in [-0.25, -0.2) is 0 Å². The van der Waals surface area contributed by atoms with Gasteiger partial charge in [-0.15, -0.1) is 0 Å². The molecule has 0 aliphatic heterocycles. The van der Waals surface area contributed by atoms with Crippen molar-refractivity contribution in [1.82, 2.24) is 4.57 Å². The minimum absolute atomic E-state index is 0.0876. The highest BCUT2D eigenvalue weighted by Crippen LogP contribution is 2.32. The van der Waals surface area contributed by atoms with E-state index in [-0.39, 0.29) is 17.0 Å². The van der Waals surface area contributed by atoms with Crippen LogP contribution in [0.15, 0.2) is 35.3 Å². The summed E-state index contributed by atoms with van der Waals surface area (Å²) in [5.41, 5.74) is 1.60. The normalized spacial score (nSPS) is 10.5. The molecule has 0 saturated carbocycles. The molecule has 22 heavy (non-hydrogen) atoms. The zero-order chi connectivity index (χ0) is 16.3. The molecule has 0 saturated heterocycles. The first kappa shape index (κ1) is 15.8. The van der Waals surface area contributed by atoms with Crippen LogP contribution in [0.25, 0.3) is 5.69 Å². The Balaban J connectivity index is 2.64. The van der Waals surface area contributed by atoms with Crippen molar-refractivity contribution >= 4 is 5.69 Å². The first-order chi connectivity index (χ1) is 10.5. The van der Waals surface area contributed by atoms with Crippen molar-refractivity contribution in [3.8, 4) is 11.4 Å². The number of hydrogen-bond acceptors (Lipinski definition) is 4. The number of aryl methyl sites for hydroxylation is 2. The monoisotopic (exact) mass is 302 g/mol. The lowest BCUT2D eigenvalue weighted by Crippen LogP contribution is -2.20. The number of nitro benzene ring substituents is 1. The van der Waals surface area contributed by atoms with Crippen molar-refractivity contribution in [2.24, 2.45) is 0 Å². The second-order valence-electron chi connectivity index (χ2n) is 5.08. The molecular weight excluding hydrogens is 284 g/mol. The molecule has 0 fully saturated rings. The highest BCUT2D eigenvalue weighted by molar-refractivity contribution is 5.57. The van der Waals surface area contributed by atoms with Gasteiger partial charge in [0.05, 0.1) is 17.2 Å². The highest BCUT2D eigenvalue weighted by atomic mass is 16.6. The van der Waals surface area contributed by atoms with Crippen LogP contribution < -0.4 is 10.3 Å². The van der Waals surface area contributed by atoms with Gasteiger partial charge in [0, 0.05) is 23.9 Å². The standard InChI is InChI=1S/C16H18N2O4/c1-4-8-22-15-10-13(12(3)9-14(15)18(20)21)17-7-5-6-11(2)16(17)19/h5-7,9-10H,4,8H2,1-3H3. The first-order valence-corrected chi connectivity index (χ1v) is 7.06. The number of ether oxygens (including phenoxy) is 1. The number of rotatable bonds is 5. The van der Waals surface area contributed by atoms with Gasteiger partial charge in [-0.3, -0.25) is 19.5 Å². The maximum absolute atomic E-state index is 12.3. The van der Waals surface area contributed by atoms with Crippen LogP contribution in [0.4, 0.5) is 5.69 Å². The van der Waals surface area contributed by atoms with Crippen molar-refractivity contribution < 1.29 is 9.66 Å². The Morgan fingerprint density at radius 3 is 2.64 bits per heavy atom. The molecule has 0 bridgehead atoms. The Kier molecular flexibility index (Phi) is 4.60. The van der Waals surface area contributed by atoms with E-state index in [0.717, 1.165) is 6.42 Å². The van der Waals surface area contributed by atoms with Crippen molar-refractivity contribution in [2.45, 2.75) is 27.2 Å². The van der Waals surface area contributed by atoms with E-state index in [1.165, 1.54) is 10.6 Å². The molecule has 0 atom stereocenters. The molecule has 6 heteroatoms. The molecule has 2 aromatic rings. The third kappa shape index (κ3) is 3.00. The van der Waals surface area contributed by atoms with Gasteiger partial charge in [-0.05, 0) is 31.9 Å². The summed E-state index contributed by atoms with van der Waals surface area (Å²) in [6.07, 6.45) is 2.39. The average molecular weight is 302 g/mol. The van der Waals surface area contributed by atoms with E-state index >= 15 is 0 Å². The quantitative estimate of drug-likeness (QED) is 0.628. The van der Waals surface area contributed by atoms with Crippen LogP contribution in [0.1, 0.15) is 24.5 Å². The fourth-order valence-electron chi connectivity index (χ4n) is 2.18. The molecular formula is C16H18N2O4. The van der Waals surface area contributed by atoms with Gasteiger partial charge in [0.1, 0.15) is 0 Å². The SMILES string of the molecule is CCCOc1cc(-n2cccc(C)c2=O)c(C)cc1[N+](=O)[O-]. The number of aromatic nitrogens is 1. The van der Waals surface area contributed by atoms with Crippen LogP contribution in [0.5, 0.6) is 5.75 Å². The van der Waals surface area contributed by atoms with Crippen LogP contribution in [-0.2, 0) is 0 Å². The lowest BCUT2D eigenvalue weighted by Gasteiger charge is -2.13. The summed E-state index contributed by atoms with van der Waals surface area (Å²) in [5, 5.41) is 11.2. The number of hydrogen-bond donors (Lipinski definition) is 0. The lowest BCUT2D eigenvalue weighted by molar-refractivity contribution is -0.385. The van der Waals surface area contributed by atoms with E-state index in [1.54, 1.807) is 38.2 Å². The Morgan fingerprint density at radius 1 is 1.27 bits per heavy atom. The number of nitrogens with zero attached hydrogens (tertiary/aromatic N) is 2. The van der Waals surface area contributed by atoms with Gasteiger partial charge >= 0.3 is 5.69 Å². The summed E-state index contributed by atoms with van der Waals surface area (Å²) in [4.78, 5) is 22.9. The fraction of sp³-hybridized carbons (Fsp3) is 0.312. The van der Waals surface area contributed by atoms with Crippen molar-refractivity contribution in [3.05, 3.63) is 62.1 Å². The fourth-order valence-corrected chi connectivity index (χ4v) is 2.18. The molecule has 1 aromatic heterocycles. The highest BCUT2D eigenvalue weighted by Gasteiger charge is 2.19. The molecule has 0 spiro atoms. The predicted octanol–water partition coefficient (Wildman–Crippen LogP) is 3.15. The predicted molar refractivity (Wildman–Crippen MR) is 84.0 cm³/mol. The Labute approximate surface area is 128 Å². The lowest BCUT2D eigenvalue weighted by atomic mass is 10.1. The molecule has 0 unspecified atom stereocenters. The Hall–Kier alpha value is -2.63. The molecule has 6 nitrogen and oxygen atoms in total. The summed E-state index contributed by atoms with van der Waals surface area (Å²) < 4.78 is 6.96. The molecule has 0 aliphatic rings. The van der Waals surface area contributed by atoms with Crippen molar-refractivity contribution in [2.75, 3.05) is 6.61 Å². The smallest absolute Gasteiger partial charge is 0.311 e. The second-order valence-corrected chi connectivity index (χ2v) is 5.08. The summed E-state index contributed by atoms with van der Waals surface area (Å²) in [5.74, 6) is 0.181. The molecule has 1 aromatic carbocycles. The van der Waals surface area contributed by atoms with Gasteiger partial charge in [0.15, 0.2) is 5.75 Å². The van der Waals surface area contributed by atoms with E-state index in [4.69, 9.17) is 4.74 Å². The van der Waals surface area contributed by atoms with E-state index in [0.29, 0.717) is 23.4 Å². The minimum atomic E-state index is -0.471. The van der Waals surface area contributed by atoms with Gasteiger partial charge in [0.25, 0.3) is 5.56 Å². The maximum Gasteiger partial charge on any atom is 0.311 e. The first-order valence-electron chi connectivity index (χ1n) is 7.06. The van der Waals surface area contributed by atoms with Gasteiger partial charge in [0.2, 0.25) is 0 Å². The minimum Gasteiger partial charge on any atom is -0.487 e. The third-order valence-corrected chi connectivity index (χ3v) is 3.33. The number of nitro groups is 1. The molecule has 0 aliphatic carbocycles. The van der Waals surface area contributed by atoms with Gasteiger partial charge in [-0.2, -0.15) is 0 Å². The van der Waals surface area contributed by atoms with Crippen LogP contribution >= 0.6 is 0 Å². The van der Waals surface area contributed by atoms with Crippen LogP contribution in [-0.4, -0.2) is 16.1 Å². The van der Waals surface area contributed by atoms with Crippen molar-refractivity contribution in [1.29, 1.82) is 0 Å². The molecule has 0 amide bonds. The van der Waals surface area contributed by atoms with Crippen LogP contribution in [0.2, 0.25) is 0 Å². The molecule has 2 rings (SSSR count). The molecule has 0 N–H and O–H groups in total. The average Bonchev–Trinajstić information content (AvgIpc) is 2.48. The summed E-state index contributed by atoms with van der Waals surface area (Å²) in [6.45, 7) is 5.77. The summed E-state index contributed by atoms with van der Waals surface area (Å²) in [7, 11) is 0. The molecule has 1 heterocycles. The Bertz CT molecular complexity index is 765. The molecule has 116 valence electrons. The van der Waals surface area contributed by atoms with E-state index in [1.807, 2.05) is 6.92 Å².